The summed E-state index contributed by atoms with van der Waals surface area (Å²) in [5.41, 5.74) is 3.89. The summed E-state index contributed by atoms with van der Waals surface area (Å²) in [6.07, 6.45) is 1.71. The summed E-state index contributed by atoms with van der Waals surface area (Å²) in [6, 6.07) is 11.7. The van der Waals surface area contributed by atoms with Gasteiger partial charge in [-0.05, 0) is 55.3 Å². The number of ether oxygens (including phenoxy) is 1. The van der Waals surface area contributed by atoms with Crippen LogP contribution in [0.5, 0.6) is 0 Å². The van der Waals surface area contributed by atoms with E-state index in [1.54, 1.807) is 6.08 Å². The largest absolute Gasteiger partial charge is 0.402 e. The van der Waals surface area contributed by atoms with E-state index in [4.69, 9.17) is 4.74 Å². The second kappa shape index (κ2) is 5.56. The third-order valence-electron chi connectivity index (χ3n) is 3.44. The van der Waals surface area contributed by atoms with Crippen LogP contribution in [0.4, 0.5) is 4.39 Å². The van der Waals surface area contributed by atoms with E-state index in [1.165, 1.54) is 24.3 Å². The van der Waals surface area contributed by atoms with E-state index in [-0.39, 0.29) is 17.4 Å². The number of benzene rings is 2. The molecule has 0 aromatic heterocycles. The highest BCUT2D eigenvalue weighted by Gasteiger charge is 2.24. The van der Waals surface area contributed by atoms with Gasteiger partial charge in [-0.1, -0.05) is 23.8 Å². The Labute approximate surface area is 127 Å². The lowest BCUT2D eigenvalue weighted by molar-refractivity contribution is -0.129. The molecule has 0 bridgehead atoms. The van der Waals surface area contributed by atoms with Crippen molar-refractivity contribution < 1.29 is 13.9 Å². The summed E-state index contributed by atoms with van der Waals surface area (Å²) in [5, 5.41) is 0. The van der Waals surface area contributed by atoms with Crippen LogP contribution in [0.3, 0.4) is 0 Å². The number of rotatable bonds is 2. The smallest absolute Gasteiger partial charge is 0.363 e. The molecule has 0 saturated carbocycles. The molecule has 0 N–H and O–H groups in total. The highest BCUT2D eigenvalue weighted by atomic mass is 19.1. The molecule has 22 heavy (non-hydrogen) atoms. The van der Waals surface area contributed by atoms with E-state index in [2.05, 4.69) is 4.99 Å². The molecule has 1 heterocycles. The van der Waals surface area contributed by atoms with Crippen molar-refractivity contribution in [2.45, 2.75) is 13.8 Å². The fraction of sp³-hybridized carbons (Fsp3) is 0.111. The fourth-order valence-corrected chi connectivity index (χ4v) is 2.19. The summed E-state index contributed by atoms with van der Waals surface area (Å²) in [6.45, 7) is 3.96. The third kappa shape index (κ3) is 2.81. The average molecular weight is 295 g/mol. The first-order valence-electron chi connectivity index (χ1n) is 6.89. The van der Waals surface area contributed by atoms with Crippen molar-refractivity contribution in [1.82, 2.24) is 0 Å². The zero-order chi connectivity index (χ0) is 15.7. The van der Waals surface area contributed by atoms with E-state index in [0.717, 1.165) is 16.7 Å². The van der Waals surface area contributed by atoms with Crippen LogP contribution in [0, 0.1) is 19.7 Å². The number of carbonyl (C=O) groups is 1. The maximum absolute atomic E-state index is 12.9. The van der Waals surface area contributed by atoms with E-state index < -0.39 is 5.97 Å². The zero-order valence-electron chi connectivity index (χ0n) is 12.3. The van der Waals surface area contributed by atoms with Crippen LogP contribution >= 0.6 is 0 Å². The summed E-state index contributed by atoms with van der Waals surface area (Å²) in [5.74, 6) is -0.651. The molecule has 1 aliphatic heterocycles. The van der Waals surface area contributed by atoms with E-state index >= 15 is 0 Å². The van der Waals surface area contributed by atoms with Gasteiger partial charge in [-0.25, -0.2) is 14.2 Å². The molecule has 0 saturated heterocycles. The molecule has 0 spiro atoms. The van der Waals surface area contributed by atoms with Gasteiger partial charge in [-0.2, -0.15) is 0 Å². The Morgan fingerprint density at radius 3 is 2.55 bits per heavy atom. The van der Waals surface area contributed by atoms with Crippen LogP contribution in [0.1, 0.15) is 22.3 Å². The minimum atomic E-state index is -0.500. The molecular weight excluding hydrogens is 281 g/mol. The van der Waals surface area contributed by atoms with Gasteiger partial charge in [0.1, 0.15) is 5.82 Å². The maximum atomic E-state index is 12.9. The Morgan fingerprint density at radius 2 is 1.82 bits per heavy atom. The second-order valence-corrected chi connectivity index (χ2v) is 5.20. The maximum Gasteiger partial charge on any atom is 0.363 e. The van der Waals surface area contributed by atoms with Crippen molar-refractivity contribution in [3.05, 3.63) is 76.2 Å². The van der Waals surface area contributed by atoms with Crippen LogP contribution in [0.25, 0.3) is 6.08 Å². The minimum Gasteiger partial charge on any atom is -0.402 e. The molecule has 0 aliphatic carbocycles. The molecule has 1 aliphatic rings. The van der Waals surface area contributed by atoms with Crippen molar-refractivity contribution in [3.63, 3.8) is 0 Å². The Morgan fingerprint density at radius 1 is 1.09 bits per heavy atom. The third-order valence-corrected chi connectivity index (χ3v) is 3.44. The Hall–Kier alpha value is -2.75. The lowest BCUT2D eigenvalue weighted by atomic mass is 10.0. The van der Waals surface area contributed by atoms with Crippen LogP contribution in [0.15, 0.2) is 53.2 Å². The molecular formula is C18H14FNO2. The molecule has 0 radical (unpaired) electrons. The van der Waals surface area contributed by atoms with Gasteiger partial charge in [0.2, 0.25) is 5.90 Å². The van der Waals surface area contributed by atoms with Gasteiger partial charge in [0, 0.05) is 5.56 Å². The normalized spacial score (nSPS) is 15.9. The van der Waals surface area contributed by atoms with Gasteiger partial charge in [0.05, 0.1) is 0 Å². The second-order valence-electron chi connectivity index (χ2n) is 5.20. The fourth-order valence-electron chi connectivity index (χ4n) is 2.19. The van der Waals surface area contributed by atoms with Crippen molar-refractivity contribution in [1.29, 1.82) is 0 Å². The quantitative estimate of drug-likeness (QED) is 0.624. The average Bonchev–Trinajstić information content (AvgIpc) is 2.85. The van der Waals surface area contributed by atoms with Crippen LogP contribution in [-0.4, -0.2) is 11.9 Å². The highest BCUT2D eigenvalue weighted by molar-refractivity contribution is 6.12. The molecule has 2 aromatic carbocycles. The number of hydrogen-bond acceptors (Lipinski definition) is 3. The summed E-state index contributed by atoms with van der Waals surface area (Å²) < 4.78 is 18.1. The lowest BCUT2D eigenvalue weighted by Gasteiger charge is -2.01. The number of halogens is 1. The molecule has 2 aromatic rings. The van der Waals surface area contributed by atoms with E-state index in [0.29, 0.717) is 5.56 Å². The van der Waals surface area contributed by atoms with Gasteiger partial charge in [0.25, 0.3) is 0 Å². The number of esters is 1. The van der Waals surface area contributed by atoms with Gasteiger partial charge < -0.3 is 4.74 Å². The van der Waals surface area contributed by atoms with Gasteiger partial charge in [0.15, 0.2) is 5.70 Å². The zero-order valence-corrected chi connectivity index (χ0v) is 12.3. The number of nitrogens with zero attached hydrogens (tertiary/aromatic N) is 1. The first-order chi connectivity index (χ1) is 10.5. The minimum absolute atomic E-state index is 0.196. The number of carbonyl (C=O) groups excluding carboxylic acids is 1. The van der Waals surface area contributed by atoms with Gasteiger partial charge >= 0.3 is 5.97 Å². The van der Waals surface area contributed by atoms with Crippen LogP contribution in [-0.2, 0) is 9.53 Å². The van der Waals surface area contributed by atoms with Crippen LogP contribution < -0.4 is 0 Å². The van der Waals surface area contributed by atoms with E-state index in [1.807, 2.05) is 32.0 Å². The molecule has 3 nitrogen and oxygen atoms in total. The Balaban J connectivity index is 1.97. The first kappa shape index (κ1) is 14.2. The number of aliphatic imine (C=N–C) groups is 1. The SMILES string of the molecule is Cc1ccc(C)c(/C=C2\N=C(c3ccc(F)cc3)OC2=O)c1. The molecule has 3 rings (SSSR count). The van der Waals surface area contributed by atoms with Crippen molar-refractivity contribution >= 4 is 17.9 Å². The highest BCUT2D eigenvalue weighted by Crippen LogP contribution is 2.21. The predicted octanol–water partition coefficient (Wildman–Crippen LogP) is 3.79. The predicted molar refractivity (Wildman–Crippen MR) is 82.9 cm³/mol. The molecule has 0 unspecified atom stereocenters. The molecule has 110 valence electrons. The monoisotopic (exact) mass is 295 g/mol. The van der Waals surface area contributed by atoms with Gasteiger partial charge in [-0.3, -0.25) is 0 Å². The molecule has 0 fully saturated rings. The molecule has 0 amide bonds. The van der Waals surface area contributed by atoms with Crippen LogP contribution in [0.2, 0.25) is 0 Å². The van der Waals surface area contributed by atoms with Crippen molar-refractivity contribution in [2.75, 3.05) is 0 Å². The molecule has 4 heteroatoms. The Bertz CT molecular complexity index is 804. The standard InChI is InChI=1S/C18H14FNO2/c1-11-3-4-12(2)14(9-11)10-16-18(21)22-17(20-16)13-5-7-15(19)8-6-13/h3-10H,1-2H3/b16-10-. The molecule has 0 atom stereocenters. The first-order valence-corrected chi connectivity index (χ1v) is 6.89. The number of cyclic esters (lactones) is 1. The summed E-state index contributed by atoms with van der Waals surface area (Å²) in [7, 11) is 0. The van der Waals surface area contributed by atoms with Crippen molar-refractivity contribution in [2.24, 2.45) is 4.99 Å². The number of hydrogen-bond donors (Lipinski definition) is 0. The van der Waals surface area contributed by atoms with Crippen molar-refractivity contribution in [3.8, 4) is 0 Å². The Kier molecular flexibility index (Phi) is 3.59. The van der Waals surface area contributed by atoms with Gasteiger partial charge in [-0.15, -0.1) is 0 Å². The lowest BCUT2D eigenvalue weighted by Crippen LogP contribution is -2.05. The topological polar surface area (TPSA) is 38.7 Å². The van der Waals surface area contributed by atoms with E-state index in [9.17, 15) is 9.18 Å². The summed E-state index contributed by atoms with van der Waals surface area (Å²) >= 11 is 0. The number of aryl methyl sites for hydroxylation is 2. The summed E-state index contributed by atoms with van der Waals surface area (Å²) in [4.78, 5) is 16.2.